The molecule has 1 aliphatic rings. The summed E-state index contributed by atoms with van der Waals surface area (Å²) in [7, 11) is 1.61. The Labute approximate surface area is 223 Å². The summed E-state index contributed by atoms with van der Waals surface area (Å²) in [5.41, 5.74) is 3.72. The van der Waals surface area contributed by atoms with Crippen LogP contribution in [0.3, 0.4) is 0 Å². The van der Waals surface area contributed by atoms with Crippen LogP contribution in [0.1, 0.15) is 11.1 Å². The van der Waals surface area contributed by atoms with Gasteiger partial charge in [-0.15, -0.1) is 0 Å². The van der Waals surface area contributed by atoms with E-state index in [1.54, 1.807) is 36.3 Å². The molecule has 0 bridgehead atoms. The second-order valence-electron chi connectivity index (χ2n) is 8.52. The summed E-state index contributed by atoms with van der Waals surface area (Å²) < 4.78 is 10.4. The Morgan fingerprint density at radius 3 is 2.53 bits per heavy atom. The van der Waals surface area contributed by atoms with E-state index < -0.39 is 12.6 Å². The third-order valence-corrected chi connectivity index (χ3v) is 7.01. The zero-order valence-electron chi connectivity index (χ0n) is 20.6. The molecule has 5 rings (SSSR count). The maximum absolute atomic E-state index is 13.5. The smallest absolute Gasteiger partial charge is 0.341 e. The molecule has 2 N–H and O–H groups in total. The number of benzene rings is 3. The molecule has 0 aliphatic carbocycles. The van der Waals surface area contributed by atoms with Crippen LogP contribution in [0.2, 0.25) is 0 Å². The number of nitrogens with zero attached hydrogens (tertiary/aromatic N) is 2. The first kappa shape index (κ1) is 25.2. The number of amides is 1. The highest BCUT2D eigenvalue weighted by Gasteiger charge is 2.33. The quantitative estimate of drug-likeness (QED) is 0.279. The Morgan fingerprint density at radius 2 is 1.79 bits per heavy atom. The van der Waals surface area contributed by atoms with Crippen LogP contribution in [0.4, 0.5) is 5.69 Å². The van der Waals surface area contributed by atoms with Crippen molar-refractivity contribution in [2.24, 2.45) is 4.99 Å². The lowest BCUT2D eigenvalue weighted by Gasteiger charge is -2.15. The van der Waals surface area contributed by atoms with Crippen molar-refractivity contribution in [2.45, 2.75) is 6.42 Å². The molecular weight excluding hydrogens is 502 g/mol. The van der Waals surface area contributed by atoms with E-state index in [4.69, 9.17) is 19.6 Å². The molecule has 9 heteroatoms. The van der Waals surface area contributed by atoms with Gasteiger partial charge in [0.05, 0.1) is 17.7 Å². The second-order valence-corrected chi connectivity index (χ2v) is 9.53. The van der Waals surface area contributed by atoms with Gasteiger partial charge >= 0.3 is 5.97 Å². The van der Waals surface area contributed by atoms with Gasteiger partial charge in [-0.25, -0.2) is 9.79 Å². The molecule has 1 saturated heterocycles. The molecule has 0 atom stereocenters. The van der Waals surface area contributed by atoms with Crippen LogP contribution < -0.4 is 9.47 Å². The number of carbonyl (C=O) groups is 2. The number of ether oxygens (including phenoxy) is 2. The Balaban J connectivity index is 1.40. The van der Waals surface area contributed by atoms with E-state index in [9.17, 15) is 9.59 Å². The number of thioether (sulfide) groups is 1. The first-order valence-corrected chi connectivity index (χ1v) is 12.8. The summed E-state index contributed by atoms with van der Waals surface area (Å²) in [6.45, 7) is 0.0628. The Morgan fingerprint density at radius 1 is 1.05 bits per heavy atom. The van der Waals surface area contributed by atoms with E-state index in [1.807, 2.05) is 54.7 Å². The van der Waals surface area contributed by atoms with Gasteiger partial charge < -0.3 is 19.6 Å². The normalized spacial score (nSPS) is 15.5. The molecule has 0 radical (unpaired) electrons. The number of carboxylic acids is 1. The number of aliphatic imine (C=N–C) groups is 1. The minimum Gasteiger partial charge on any atom is -0.497 e. The topological polar surface area (TPSA) is 104 Å². The highest BCUT2D eigenvalue weighted by Crippen LogP contribution is 2.35. The van der Waals surface area contributed by atoms with Gasteiger partial charge in [-0.3, -0.25) is 9.69 Å². The highest BCUT2D eigenvalue weighted by molar-refractivity contribution is 8.18. The fourth-order valence-corrected chi connectivity index (χ4v) is 5.11. The van der Waals surface area contributed by atoms with Crippen LogP contribution in [0.5, 0.6) is 11.5 Å². The lowest BCUT2D eigenvalue weighted by molar-refractivity contribution is -0.139. The van der Waals surface area contributed by atoms with Gasteiger partial charge in [0, 0.05) is 23.6 Å². The first-order chi connectivity index (χ1) is 18.5. The van der Waals surface area contributed by atoms with Crippen LogP contribution in [0.15, 0.2) is 88.9 Å². The molecule has 1 fully saturated rings. The Hall–Kier alpha value is -4.50. The summed E-state index contributed by atoms with van der Waals surface area (Å²) >= 11 is 1.33. The first-order valence-electron chi connectivity index (χ1n) is 11.9. The number of aliphatic carboxylic acids is 1. The van der Waals surface area contributed by atoms with E-state index in [0.717, 1.165) is 33.5 Å². The van der Waals surface area contributed by atoms with Gasteiger partial charge in [0.15, 0.2) is 11.8 Å². The average Bonchev–Trinajstić information content (AvgIpc) is 3.47. The molecule has 38 heavy (non-hydrogen) atoms. The largest absolute Gasteiger partial charge is 0.497 e. The number of carbonyl (C=O) groups excluding carboxylic acids is 1. The molecule has 0 spiro atoms. The summed E-state index contributed by atoms with van der Waals surface area (Å²) in [5.74, 6) is 0.0209. The third kappa shape index (κ3) is 5.73. The lowest BCUT2D eigenvalue weighted by atomic mass is 10.1. The van der Waals surface area contributed by atoms with E-state index in [2.05, 4.69) is 11.1 Å². The molecule has 192 valence electrons. The van der Waals surface area contributed by atoms with Crippen molar-refractivity contribution in [3.8, 4) is 11.5 Å². The lowest BCUT2D eigenvalue weighted by Crippen LogP contribution is -2.31. The average molecular weight is 528 g/mol. The molecule has 4 aromatic rings. The van der Waals surface area contributed by atoms with Crippen LogP contribution >= 0.6 is 11.8 Å². The Bertz CT molecular complexity index is 1520. The van der Waals surface area contributed by atoms with Crippen LogP contribution in [0.25, 0.3) is 17.0 Å². The number of nitrogens with one attached hydrogen (secondary N) is 1. The van der Waals surface area contributed by atoms with Crippen molar-refractivity contribution >= 4 is 51.5 Å². The van der Waals surface area contributed by atoms with Gasteiger partial charge in [-0.05, 0) is 77.9 Å². The van der Waals surface area contributed by atoms with Gasteiger partial charge in [0.25, 0.3) is 5.91 Å². The van der Waals surface area contributed by atoms with Gasteiger partial charge in [-0.2, -0.15) is 0 Å². The number of amidine groups is 1. The van der Waals surface area contributed by atoms with Crippen molar-refractivity contribution < 1.29 is 24.2 Å². The van der Waals surface area contributed by atoms with Gasteiger partial charge in [0.1, 0.15) is 11.5 Å². The number of fused-ring (bicyclic) bond motifs is 1. The third-order valence-electron chi connectivity index (χ3n) is 6.01. The van der Waals surface area contributed by atoms with Crippen molar-refractivity contribution in [1.82, 2.24) is 9.88 Å². The maximum Gasteiger partial charge on any atom is 0.341 e. The zero-order valence-corrected chi connectivity index (χ0v) is 21.4. The molecule has 0 unspecified atom stereocenters. The van der Waals surface area contributed by atoms with Crippen molar-refractivity contribution in [3.63, 3.8) is 0 Å². The van der Waals surface area contributed by atoms with Crippen molar-refractivity contribution in [3.05, 3.63) is 95.0 Å². The van der Waals surface area contributed by atoms with Crippen molar-refractivity contribution in [1.29, 1.82) is 0 Å². The number of aromatic nitrogens is 1. The number of H-pyrrole nitrogens is 1. The second kappa shape index (κ2) is 11.3. The molecule has 0 saturated carbocycles. The monoisotopic (exact) mass is 527 g/mol. The van der Waals surface area contributed by atoms with Gasteiger partial charge in [0.2, 0.25) is 0 Å². The maximum atomic E-state index is 13.5. The van der Waals surface area contributed by atoms with Crippen LogP contribution in [-0.4, -0.2) is 52.3 Å². The number of para-hydroxylation sites is 1. The summed E-state index contributed by atoms with van der Waals surface area (Å²) in [6, 6.07) is 22.4. The van der Waals surface area contributed by atoms with E-state index in [0.29, 0.717) is 28.8 Å². The van der Waals surface area contributed by atoms with Gasteiger partial charge in [-0.1, -0.05) is 30.3 Å². The number of carboxylic acid groups (broad SMARTS) is 1. The van der Waals surface area contributed by atoms with E-state index in [-0.39, 0.29) is 5.91 Å². The fraction of sp³-hybridized carbons (Fsp3) is 0.138. The molecule has 3 aromatic carbocycles. The SMILES string of the molecule is COc1ccc(N=C2S/C(=C\c3ccc(OCC(=O)O)cc3)C(=O)N2CCc2c[nH]c3ccccc23)cc1. The number of hydrogen-bond acceptors (Lipinski definition) is 6. The molecule has 8 nitrogen and oxygen atoms in total. The summed E-state index contributed by atoms with van der Waals surface area (Å²) in [6.07, 6.45) is 4.47. The molecule has 1 aliphatic heterocycles. The molecule has 1 aromatic heterocycles. The predicted octanol–water partition coefficient (Wildman–Crippen LogP) is 5.49. The molecule has 2 heterocycles. The van der Waals surface area contributed by atoms with Crippen LogP contribution in [0, 0.1) is 0 Å². The predicted molar refractivity (Wildman–Crippen MR) is 149 cm³/mol. The summed E-state index contributed by atoms with van der Waals surface area (Å²) in [5, 5.41) is 10.5. The van der Waals surface area contributed by atoms with E-state index in [1.165, 1.54) is 11.8 Å². The standard InChI is InChI=1S/C29H25N3O5S/c1-36-22-12-8-21(9-13-22)31-29-32(15-14-20-17-30-25-5-3-2-4-24(20)25)28(35)26(38-29)16-19-6-10-23(11-7-19)37-18-27(33)34/h2-13,16-17,30H,14-15,18H2,1H3,(H,33,34)/b26-16-,31-29?. The zero-order chi connectivity index (χ0) is 26.5. The van der Waals surface area contributed by atoms with Crippen molar-refractivity contribution in [2.75, 3.05) is 20.3 Å². The summed E-state index contributed by atoms with van der Waals surface area (Å²) in [4.78, 5) is 34.6. The van der Waals surface area contributed by atoms with Crippen LogP contribution in [-0.2, 0) is 16.0 Å². The minimum absolute atomic E-state index is 0.117. The number of aromatic amines is 1. The highest BCUT2D eigenvalue weighted by atomic mass is 32.2. The number of rotatable bonds is 9. The fourth-order valence-electron chi connectivity index (χ4n) is 4.08. The number of hydrogen-bond donors (Lipinski definition) is 2. The number of methoxy groups -OCH3 is 1. The molecular formula is C29H25N3O5S. The van der Waals surface area contributed by atoms with E-state index >= 15 is 0 Å². The molecule has 1 amide bonds. The Kier molecular flexibility index (Phi) is 7.46. The minimum atomic E-state index is -1.04.